The first-order valence-electron chi connectivity index (χ1n) is 26.4. The van der Waals surface area contributed by atoms with E-state index in [9.17, 15) is 48.0 Å². The number of carbonyl (C=O) groups is 8. The average molecular weight is 1100 g/mol. The number of methoxy groups -OCH3 is 2. The maximum atomic E-state index is 14.7. The molecule has 21 nitrogen and oxygen atoms in total. The fourth-order valence-electron chi connectivity index (χ4n) is 9.95. The van der Waals surface area contributed by atoms with Gasteiger partial charge in [0.2, 0.25) is 17.7 Å². The van der Waals surface area contributed by atoms with Crippen LogP contribution in [0.3, 0.4) is 0 Å². The van der Waals surface area contributed by atoms with Crippen LogP contribution in [0.1, 0.15) is 105 Å². The number of aliphatic carboxylic acids is 1. The molecule has 1 unspecified atom stereocenters. The summed E-state index contributed by atoms with van der Waals surface area (Å²) in [7, 11) is 2.31. The van der Waals surface area contributed by atoms with Gasteiger partial charge in [0.25, 0.3) is 7.44 Å². The van der Waals surface area contributed by atoms with E-state index in [-0.39, 0.29) is 118 Å². The number of terminal acetylenes is 2. The molecule has 0 radical (unpaired) electrons. The Morgan fingerprint density at radius 3 is 2.04 bits per heavy atom. The molecule has 77 heavy (non-hydrogen) atoms. The maximum Gasteiger partial charge on any atom is 0.319 e. The summed E-state index contributed by atoms with van der Waals surface area (Å²) in [4.78, 5) is 111. The number of hydrogen-bond donors (Lipinski definition) is 4. The molecule has 2 rings (SSSR count). The van der Waals surface area contributed by atoms with Gasteiger partial charge in [0.15, 0.2) is 5.78 Å². The minimum atomic E-state index is -3.91. The van der Waals surface area contributed by atoms with Crippen LogP contribution < -0.4 is 16.5 Å². The Morgan fingerprint density at radius 2 is 1.49 bits per heavy atom. The molecule has 0 saturated carbocycles. The van der Waals surface area contributed by atoms with Gasteiger partial charge in [-0.1, -0.05) is 85.2 Å². The van der Waals surface area contributed by atoms with Crippen molar-refractivity contribution in [1.82, 2.24) is 30.1 Å². The molecule has 1 aromatic rings. The smallest absolute Gasteiger partial charge is 0.319 e. The van der Waals surface area contributed by atoms with Gasteiger partial charge in [-0.3, -0.25) is 48.3 Å². The van der Waals surface area contributed by atoms with Gasteiger partial charge in [0.05, 0.1) is 68.9 Å². The average Bonchev–Trinajstić information content (AvgIpc) is 3.89. The van der Waals surface area contributed by atoms with E-state index in [1.807, 2.05) is 77.3 Å². The van der Waals surface area contributed by atoms with Crippen LogP contribution in [0.4, 0.5) is 0 Å². The van der Waals surface area contributed by atoms with Crippen LogP contribution in [0.2, 0.25) is 0 Å². The van der Waals surface area contributed by atoms with Gasteiger partial charge < -0.3 is 38.8 Å². The number of hydrazine groups is 2. The van der Waals surface area contributed by atoms with Gasteiger partial charge in [-0.05, 0) is 60.8 Å². The summed E-state index contributed by atoms with van der Waals surface area (Å²) in [5.74, 6) is 1.57. The predicted octanol–water partition coefficient (Wildman–Crippen LogP) is 4.12. The number of rotatable bonds is 36. The van der Waals surface area contributed by atoms with Crippen LogP contribution in [0.5, 0.6) is 0 Å². The fourth-order valence-corrected chi connectivity index (χ4v) is 11.6. The molecule has 1 aliphatic heterocycles. The molecule has 1 saturated heterocycles. The second kappa shape index (κ2) is 33.7. The number of ether oxygens (including phenoxy) is 4. The minimum absolute atomic E-state index is 0.0165. The third kappa shape index (κ3) is 20.3. The molecule has 10 atom stereocenters. The monoisotopic (exact) mass is 1100 g/mol. The van der Waals surface area contributed by atoms with E-state index in [0.29, 0.717) is 30.6 Å². The first kappa shape index (κ1) is 67.6. The van der Waals surface area contributed by atoms with Crippen LogP contribution in [-0.4, -0.2) is 169 Å². The predicted molar refractivity (Wildman–Crippen MR) is 290 cm³/mol. The Kier molecular flexibility index (Phi) is 29.6. The van der Waals surface area contributed by atoms with Crippen molar-refractivity contribution in [3.8, 4) is 24.7 Å². The molecule has 22 heteroatoms. The van der Waals surface area contributed by atoms with Crippen LogP contribution in [0.15, 0.2) is 30.3 Å². The van der Waals surface area contributed by atoms with E-state index >= 15 is 0 Å². The third-order valence-electron chi connectivity index (χ3n) is 14.5. The van der Waals surface area contributed by atoms with Crippen molar-refractivity contribution in [2.45, 2.75) is 137 Å². The zero-order valence-corrected chi connectivity index (χ0v) is 48.0. The molecule has 5 amide bonds. The molecule has 0 aliphatic carbocycles. The van der Waals surface area contributed by atoms with Gasteiger partial charge in [-0.25, -0.2) is 10.6 Å². The van der Waals surface area contributed by atoms with E-state index < -0.39 is 73.3 Å². The number of amides is 5. The number of likely N-dealkylation sites (tertiary alicyclic amines) is 1. The zero-order valence-electron chi connectivity index (χ0n) is 47.1. The molecular weight excluding hydrogens is 1010 g/mol. The van der Waals surface area contributed by atoms with Crippen molar-refractivity contribution >= 4 is 54.5 Å². The van der Waals surface area contributed by atoms with Crippen molar-refractivity contribution < 1.29 is 67.0 Å². The number of nitrogens with two attached hydrogens (primary N) is 1. The summed E-state index contributed by atoms with van der Waals surface area (Å²) in [6.45, 7) is 13.8. The summed E-state index contributed by atoms with van der Waals surface area (Å²) in [6, 6.07) is 7.28. The zero-order chi connectivity index (χ0) is 58.2. The highest BCUT2D eigenvalue weighted by molar-refractivity contribution is 7.60. The van der Waals surface area contributed by atoms with Gasteiger partial charge in [0, 0.05) is 72.3 Å². The molecule has 0 spiro atoms. The number of Topliss-reactive ketones (excluding diaryl/α,β-unsaturated/α-hetero) is 2. The summed E-state index contributed by atoms with van der Waals surface area (Å²) in [5, 5.41) is 12.2. The molecule has 1 heterocycles. The number of hydrogen-bond acceptors (Lipinski definition) is 14. The second-order valence-electron chi connectivity index (χ2n) is 20.5. The summed E-state index contributed by atoms with van der Waals surface area (Å²) in [6.07, 6.45) is 10.2. The Morgan fingerprint density at radius 1 is 0.857 bits per heavy atom. The fraction of sp³-hybridized carbons (Fsp3) is 0.673. The number of ketones is 2. The Bertz CT molecular complexity index is 2250. The van der Waals surface area contributed by atoms with Gasteiger partial charge in [0.1, 0.15) is 5.78 Å². The minimum Gasteiger partial charge on any atom is -0.481 e. The van der Waals surface area contributed by atoms with Crippen molar-refractivity contribution in [2.75, 3.05) is 67.4 Å². The van der Waals surface area contributed by atoms with Gasteiger partial charge in [-0.2, -0.15) is 5.20 Å². The number of benzene rings is 1. The molecule has 1 fully saturated rings. The highest BCUT2D eigenvalue weighted by Gasteiger charge is 2.44. The number of nitrogens with zero attached hydrogens (tertiary/aromatic N) is 4. The van der Waals surface area contributed by atoms with Gasteiger partial charge >= 0.3 is 17.8 Å². The normalized spacial score (nSPS) is 17.3. The van der Waals surface area contributed by atoms with Crippen molar-refractivity contribution in [3.05, 3.63) is 35.9 Å². The Hall–Kier alpha value is -5.51. The number of carbonyl (C=O) groups excluding carboxylic acids is 7. The molecule has 0 bridgehead atoms. The van der Waals surface area contributed by atoms with E-state index in [1.54, 1.807) is 42.7 Å². The standard InChI is InChI=1S/C55H86N7O14P/c1-14-38(8)52(46(73-12)35-50(68)61-26-20-24-43(61)53(74-13)39(9)44(63)33-41(55(70)71)32-40-22-18-17-19-23-40)60(11)54(69)42(36(4)5)34-45(64)51(37(6)7)59(10)49(67)25-28-76-30-29-75-27-21-31-77(72,58-57-47(65)15-2)62(56)48(66)16-3/h2-3,17-19,22-23,36-39,41-43,46,51-53H,14,20-21,24-35,56H2,1,4-13H3,(H,57,65)(H,58,72)(H,70,71)/t38-,39-,41+,42-,43-,46+,51-,52-,53+,77?/m0/s1. The van der Waals surface area contributed by atoms with E-state index in [4.69, 9.17) is 37.6 Å². The maximum absolute atomic E-state index is 14.7. The van der Waals surface area contributed by atoms with Crippen molar-refractivity contribution in [1.29, 1.82) is 0 Å². The molecule has 430 valence electrons. The summed E-state index contributed by atoms with van der Waals surface area (Å²) in [5.41, 5.74) is 2.83. The molecular formula is C55H86N7O14P. The van der Waals surface area contributed by atoms with Crippen LogP contribution in [0.25, 0.3) is 0 Å². The number of carboxylic acid groups (broad SMARTS) is 1. The number of carboxylic acids is 1. The van der Waals surface area contributed by atoms with Gasteiger partial charge in [-0.15, -0.1) is 12.8 Å². The molecule has 0 aromatic heterocycles. The lowest BCUT2D eigenvalue weighted by Gasteiger charge is -2.41. The first-order chi connectivity index (χ1) is 36.3. The van der Waals surface area contributed by atoms with Crippen LogP contribution >= 0.6 is 7.44 Å². The highest BCUT2D eigenvalue weighted by atomic mass is 31.2. The summed E-state index contributed by atoms with van der Waals surface area (Å²) < 4.78 is 36.8. The van der Waals surface area contributed by atoms with E-state index in [2.05, 4.69) is 5.20 Å². The highest BCUT2D eigenvalue weighted by Crippen LogP contribution is 2.43. The topological polar surface area (TPSA) is 274 Å². The lowest BCUT2D eigenvalue weighted by molar-refractivity contribution is -0.150. The molecule has 1 aromatic carbocycles. The van der Waals surface area contributed by atoms with Crippen molar-refractivity contribution in [2.24, 2.45) is 41.4 Å². The summed E-state index contributed by atoms with van der Waals surface area (Å²) >= 11 is 0. The van der Waals surface area contributed by atoms with E-state index in [1.165, 1.54) is 19.1 Å². The number of likely N-dealkylation sites (N-methyl/N-ethyl adjacent to an activating group) is 2. The molecule has 5 N–H and O–H groups in total. The Balaban J connectivity index is 2.10. The van der Waals surface area contributed by atoms with Crippen molar-refractivity contribution in [3.63, 3.8) is 0 Å². The quantitative estimate of drug-likeness (QED) is 0.0184. The largest absolute Gasteiger partial charge is 0.481 e. The number of nitrogens with one attached hydrogen (secondary N) is 2. The van der Waals surface area contributed by atoms with Crippen LogP contribution in [-0.2, 0) is 68.3 Å². The Labute approximate surface area is 456 Å². The first-order valence-corrected chi connectivity index (χ1v) is 28.2. The second-order valence-corrected chi connectivity index (χ2v) is 23.0. The van der Waals surface area contributed by atoms with E-state index in [0.717, 1.165) is 5.56 Å². The third-order valence-corrected chi connectivity index (χ3v) is 16.8. The molecule has 1 aliphatic rings. The lowest BCUT2D eigenvalue weighted by atomic mass is 9.83. The SMILES string of the molecule is C#CC(=O)NNP(=O)(CCCOCCOCCC(=O)N(C)[C@H](C(=O)C[C@H](C(=O)N(C)[C@@H]([C@@H](C)CC)[C@@H](CC(=O)N1CCC[C@H]1[C@H](OC)[C@@H](C)C(=O)C[C@@H](Cc1ccccc1)C(=O)O)OC)C(C)C)C(C)C)N(N)C(=O)C#C. The van der Waals surface area contributed by atoms with Crippen LogP contribution in [0, 0.1) is 60.2 Å². The lowest BCUT2D eigenvalue weighted by Crippen LogP contribution is -2.54.